The first-order chi connectivity index (χ1) is 17.2. The summed E-state index contributed by atoms with van der Waals surface area (Å²) in [7, 11) is 0. The van der Waals surface area contributed by atoms with E-state index in [-0.39, 0.29) is 27.9 Å². The van der Waals surface area contributed by atoms with Crippen molar-refractivity contribution in [1.29, 1.82) is 0 Å². The highest BCUT2D eigenvalue weighted by Gasteiger charge is 2.48. The van der Waals surface area contributed by atoms with Gasteiger partial charge in [0.25, 0.3) is 5.78 Å². The number of carbonyl (C=O) groups excluding carboxylic acids is 3. The van der Waals surface area contributed by atoms with E-state index in [0.29, 0.717) is 16.8 Å². The Morgan fingerprint density at radius 1 is 1.08 bits per heavy atom. The predicted octanol–water partition coefficient (Wildman–Crippen LogP) is 5.43. The van der Waals surface area contributed by atoms with Gasteiger partial charge in [-0.3, -0.25) is 14.5 Å². The first-order valence-electron chi connectivity index (χ1n) is 11.8. The van der Waals surface area contributed by atoms with Gasteiger partial charge in [-0.05, 0) is 56.9 Å². The van der Waals surface area contributed by atoms with Crippen molar-refractivity contribution in [2.75, 3.05) is 11.5 Å². The SMILES string of the molecule is CCOC(=O)c1sc(N2C(=O)C(=O)/C(=C(/O)c3cc(C)ccc3C)C2c2ccc(CC)cc2)nc1C. The number of anilines is 1. The van der Waals surface area contributed by atoms with Crippen LogP contribution in [-0.4, -0.2) is 34.4 Å². The quantitative estimate of drug-likeness (QED) is 0.208. The van der Waals surface area contributed by atoms with Gasteiger partial charge in [-0.2, -0.15) is 0 Å². The Balaban J connectivity index is 1.94. The molecule has 1 N–H and O–H groups in total. The van der Waals surface area contributed by atoms with Crippen LogP contribution in [0.5, 0.6) is 0 Å². The van der Waals surface area contributed by atoms with Gasteiger partial charge in [0.1, 0.15) is 10.6 Å². The minimum absolute atomic E-state index is 0.0107. The second-order valence-corrected chi connectivity index (χ2v) is 9.69. The zero-order valence-corrected chi connectivity index (χ0v) is 21.7. The van der Waals surface area contributed by atoms with E-state index in [1.807, 2.05) is 57.2 Å². The van der Waals surface area contributed by atoms with Crippen molar-refractivity contribution in [2.24, 2.45) is 0 Å². The maximum Gasteiger partial charge on any atom is 0.350 e. The van der Waals surface area contributed by atoms with Crippen LogP contribution < -0.4 is 4.90 Å². The van der Waals surface area contributed by atoms with E-state index in [2.05, 4.69) is 4.98 Å². The third-order valence-electron chi connectivity index (χ3n) is 6.25. The molecular weight excluding hydrogens is 476 g/mol. The average molecular weight is 505 g/mol. The van der Waals surface area contributed by atoms with Crippen molar-refractivity contribution in [3.8, 4) is 0 Å². The van der Waals surface area contributed by atoms with Gasteiger partial charge in [-0.25, -0.2) is 9.78 Å². The highest BCUT2D eigenvalue weighted by Crippen LogP contribution is 2.44. The summed E-state index contributed by atoms with van der Waals surface area (Å²) in [5.74, 6) is -2.38. The van der Waals surface area contributed by atoms with Crippen molar-refractivity contribution in [3.63, 3.8) is 0 Å². The molecule has 1 unspecified atom stereocenters. The van der Waals surface area contributed by atoms with Crippen LogP contribution in [0.4, 0.5) is 5.13 Å². The number of thiazole rings is 1. The fourth-order valence-corrected chi connectivity index (χ4v) is 5.28. The number of carbonyl (C=O) groups is 3. The molecule has 186 valence electrons. The lowest BCUT2D eigenvalue weighted by Gasteiger charge is -2.23. The monoisotopic (exact) mass is 504 g/mol. The summed E-state index contributed by atoms with van der Waals surface area (Å²) in [5, 5.41) is 11.6. The van der Waals surface area contributed by atoms with Gasteiger partial charge in [0, 0.05) is 5.56 Å². The zero-order chi connectivity index (χ0) is 26.1. The zero-order valence-electron chi connectivity index (χ0n) is 20.9. The van der Waals surface area contributed by atoms with Crippen LogP contribution in [-0.2, 0) is 20.7 Å². The Kier molecular flexibility index (Phi) is 7.08. The van der Waals surface area contributed by atoms with Crippen LogP contribution >= 0.6 is 11.3 Å². The normalized spacial score (nSPS) is 17.0. The van der Waals surface area contributed by atoms with Crippen LogP contribution in [0.25, 0.3) is 5.76 Å². The van der Waals surface area contributed by atoms with E-state index >= 15 is 0 Å². The molecule has 36 heavy (non-hydrogen) atoms. The molecule has 7 nitrogen and oxygen atoms in total. The van der Waals surface area contributed by atoms with Crippen LogP contribution in [0.15, 0.2) is 48.0 Å². The highest BCUT2D eigenvalue weighted by molar-refractivity contribution is 7.17. The highest BCUT2D eigenvalue weighted by atomic mass is 32.1. The summed E-state index contributed by atoms with van der Waals surface area (Å²) in [4.78, 5) is 45.2. The largest absolute Gasteiger partial charge is 0.507 e. The van der Waals surface area contributed by atoms with Crippen LogP contribution in [0, 0.1) is 20.8 Å². The molecule has 1 atom stereocenters. The summed E-state index contributed by atoms with van der Waals surface area (Å²) in [6.07, 6.45) is 0.831. The van der Waals surface area contributed by atoms with Crippen molar-refractivity contribution >= 4 is 39.9 Å². The van der Waals surface area contributed by atoms with Crippen molar-refractivity contribution in [1.82, 2.24) is 4.98 Å². The number of esters is 1. The molecule has 4 rings (SSSR count). The molecule has 0 spiro atoms. The van der Waals surface area contributed by atoms with Gasteiger partial charge in [0.15, 0.2) is 5.13 Å². The van der Waals surface area contributed by atoms with Gasteiger partial charge in [0.05, 0.1) is 23.9 Å². The number of Topliss-reactive ketones (excluding diaryl/α,β-unsaturated/α-hetero) is 1. The number of ether oxygens (including phenoxy) is 1. The molecule has 2 heterocycles. The molecule has 0 radical (unpaired) electrons. The fraction of sp³-hybridized carbons (Fsp3) is 0.286. The number of aromatic nitrogens is 1. The second kappa shape index (κ2) is 10.1. The van der Waals surface area contributed by atoms with E-state index < -0.39 is 23.7 Å². The molecular formula is C28H28N2O5S. The minimum atomic E-state index is -0.906. The average Bonchev–Trinajstić information content (AvgIpc) is 3.37. The van der Waals surface area contributed by atoms with E-state index in [1.165, 1.54) is 4.90 Å². The third-order valence-corrected chi connectivity index (χ3v) is 7.39. The molecule has 0 saturated carbocycles. The standard InChI is InChI=1S/C28H28N2O5S/c1-6-18-10-12-19(13-11-18)22-21(23(31)20-14-15(3)8-9-16(20)4)24(32)26(33)30(22)28-29-17(5)25(36-28)27(34)35-7-2/h8-14,22,31H,6-7H2,1-5H3/b23-21+. The first-order valence-corrected chi connectivity index (χ1v) is 12.6. The Bertz CT molecular complexity index is 1390. The lowest BCUT2D eigenvalue weighted by Crippen LogP contribution is -2.29. The second-order valence-electron chi connectivity index (χ2n) is 8.71. The van der Waals surface area contributed by atoms with E-state index in [4.69, 9.17) is 4.74 Å². The van der Waals surface area contributed by atoms with Crippen LogP contribution in [0.2, 0.25) is 0 Å². The number of aliphatic hydroxyl groups excluding tert-OH is 1. The molecule has 1 fully saturated rings. The van der Waals surface area contributed by atoms with Gasteiger partial charge in [0.2, 0.25) is 0 Å². The van der Waals surface area contributed by atoms with Crippen molar-refractivity contribution < 1.29 is 24.2 Å². The van der Waals surface area contributed by atoms with Crippen LogP contribution in [0.3, 0.4) is 0 Å². The molecule has 1 saturated heterocycles. The number of hydrogen-bond donors (Lipinski definition) is 1. The number of benzene rings is 2. The third kappa shape index (κ3) is 4.44. The Morgan fingerprint density at radius 2 is 1.78 bits per heavy atom. The molecule has 0 bridgehead atoms. The van der Waals surface area contributed by atoms with Gasteiger partial charge < -0.3 is 9.84 Å². The van der Waals surface area contributed by atoms with Crippen molar-refractivity contribution in [2.45, 2.75) is 47.1 Å². The lowest BCUT2D eigenvalue weighted by molar-refractivity contribution is -0.132. The number of nitrogens with zero attached hydrogens (tertiary/aromatic N) is 2. The summed E-state index contributed by atoms with van der Waals surface area (Å²) >= 11 is 0.995. The van der Waals surface area contributed by atoms with E-state index in [0.717, 1.165) is 34.4 Å². The van der Waals surface area contributed by atoms with Gasteiger partial charge >= 0.3 is 11.9 Å². The molecule has 3 aromatic rings. The van der Waals surface area contributed by atoms with E-state index in [1.54, 1.807) is 19.9 Å². The summed E-state index contributed by atoms with van der Waals surface area (Å²) in [6.45, 7) is 9.34. The molecule has 8 heteroatoms. The maximum atomic E-state index is 13.4. The molecule has 1 aliphatic heterocycles. The molecule has 1 amide bonds. The number of hydrogen-bond acceptors (Lipinski definition) is 7. The van der Waals surface area contributed by atoms with Gasteiger partial charge in [-0.15, -0.1) is 0 Å². The Hall–Kier alpha value is -3.78. The van der Waals surface area contributed by atoms with Crippen molar-refractivity contribution in [3.05, 3.63) is 86.4 Å². The minimum Gasteiger partial charge on any atom is -0.507 e. The summed E-state index contributed by atoms with van der Waals surface area (Å²) in [6, 6.07) is 12.2. The fourth-order valence-electron chi connectivity index (χ4n) is 4.29. The number of aliphatic hydroxyl groups is 1. The predicted molar refractivity (Wildman–Crippen MR) is 139 cm³/mol. The molecule has 1 aromatic heterocycles. The molecule has 2 aromatic carbocycles. The topological polar surface area (TPSA) is 96.8 Å². The van der Waals surface area contributed by atoms with Crippen LogP contribution in [0.1, 0.15) is 63.1 Å². The van der Waals surface area contributed by atoms with Gasteiger partial charge in [-0.1, -0.05) is 60.2 Å². The summed E-state index contributed by atoms with van der Waals surface area (Å²) < 4.78 is 5.12. The number of amides is 1. The number of aryl methyl sites for hydroxylation is 4. The number of ketones is 1. The van der Waals surface area contributed by atoms with E-state index in [9.17, 15) is 19.5 Å². The molecule has 0 aliphatic carbocycles. The smallest absolute Gasteiger partial charge is 0.350 e. The summed E-state index contributed by atoms with van der Waals surface area (Å²) in [5.41, 5.74) is 4.33. The maximum absolute atomic E-state index is 13.4. The lowest BCUT2D eigenvalue weighted by atomic mass is 9.93. The Morgan fingerprint density at radius 3 is 2.42 bits per heavy atom. The Labute approximate surface area is 214 Å². The first kappa shape index (κ1) is 25.3. The number of rotatable bonds is 6. The molecule has 1 aliphatic rings.